The van der Waals surface area contributed by atoms with Crippen molar-refractivity contribution in [3.05, 3.63) is 35.9 Å². The molecule has 0 saturated heterocycles. The number of benzene rings is 1. The Hall–Kier alpha value is -1.09. The topological polar surface area (TPSA) is 24.1 Å². The Morgan fingerprint density at radius 2 is 1.50 bits per heavy atom. The molecule has 2 nitrogen and oxygen atoms in total. The molecule has 4 fully saturated rings. The number of thiocarbonyl (C=S) groups is 1. The van der Waals surface area contributed by atoms with E-state index in [0.717, 1.165) is 42.4 Å². The van der Waals surface area contributed by atoms with Gasteiger partial charge in [-0.25, -0.2) is 0 Å². The SMILES string of the molecule is S=C(NCCc1ccccc1)NCCC12CC3CC(CC(C3)C1)C2. The molecule has 2 N–H and O–H groups in total. The molecule has 24 heavy (non-hydrogen) atoms. The van der Waals surface area contributed by atoms with Crippen LogP contribution in [0.4, 0.5) is 0 Å². The Kier molecular flexibility index (Phi) is 4.80. The maximum absolute atomic E-state index is 5.46. The molecule has 4 aliphatic rings. The van der Waals surface area contributed by atoms with Crippen molar-refractivity contribution in [1.82, 2.24) is 10.6 Å². The highest BCUT2D eigenvalue weighted by atomic mass is 32.1. The maximum atomic E-state index is 5.46. The first-order chi connectivity index (χ1) is 11.7. The summed E-state index contributed by atoms with van der Waals surface area (Å²) in [6.45, 7) is 1.95. The summed E-state index contributed by atoms with van der Waals surface area (Å²) in [5, 5.41) is 7.65. The second-order valence-electron chi connectivity index (χ2n) is 8.59. The first-order valence-corrected chi connectivity index (χ1v) is 10.2. The van der Waals surface area contributed by atoms with Crippen LogP contribution in [0.5, 0.6) is 0 Å². The molecule has 0 amide bonds. The van der Waals surface area contributed by atoms with Gasteiger partial charge in [-0.2, -0.15) is 0 Å². The predicted molar refractivity (Wildman–Crippen MR) is 104 cm³/mol. The summed E-state index contributed by atoms with van der Waals surface area (Å²) >= 11 is 5.46. The van der Waals surface area contributed by atoms with E-state index in [1.807, 2.05) is 0 Å². The second-order valence-corrected chi connectivity index (χ2v) is 8.99. The molecule has 3 heteroatoms. The minimum Gasteiger partial charge on any atom is -0.363 e. The van der Waals surface area contributed by atoms with Crippen LogP contribution in [0.15, 0.2) is 30.3 Å². The van der Waals surface area contributed by atoms with Gasteiger partial charge in [0.2, 0.25) is 0 Å². The average Bonchev–Trinajstić information content (AvgIpc) is 2.54. The fourth-order valence-corrected chi connectivity index (χ4v) is 6.27. The molecule has 4 saturated carbocycles. The molecule has 0 radical (unpaired) electrons. The van der Waals surface area contributed by atoms with Crippen LogP contribution < -0.4 is 10.6 Å². The third kappa shape index (κ3) is 3.77. The predicted octanol–water partition coefficient (Wildman–Crippen LogP) is 4.30. The van der Waals surface area contributed by atoms with Gasteiger partial charge < -0.3 is 10.6 Å². The van der Waals surface area contributed by atoms with Gasteiger partial charge in [-0.1, -0.05) is 30.3 Å². The van der Waals surface area contributed by atoms with E-state index in [1.165, 1.54) is 50.5 Å². The van der Waals surface area contributed by atoms with Gasteiger partial charge in [0, 0.05) is 13.1 Å². The van der Waals surface area contributed by atoms with E-state index in [0.29, 0.717) is 5.41 Å². The Morgan fingerprint density at radius 3 is 2.12 bits per heavy atom. The molecule has 0 aliphatic heterocycles. The van der Waals surface area contributed by atoms with Crippen LogP contribution in [0.2, 0.25) is 0 Å². The van der Waals surface area contributed by atoms with Gasteiger partial charge in [0.15, 0.2) is 5.11 Å². The van der Waals surface area contributed by atoms with Crippen LogP contribution in [0.25, 0.3) is 0 Å². The third-order valence-corrected chi connectivity index (χ3v) is 6.94. The number of hydrogen-bond acceptors (Lipinski definition) is 1. The molecule has 4 bridgehead atoms. The van der Waals surface area contributed by atoms with Gasteiger partial charge in [0.25, 0.3) is 0 Å². The zero-order valence-electron chi connectivity index (χ0n) is 14.6. The van der Waals surface area contributed by atoms with Gasteiger partial charge in [-0.3, -0.25) is 0 Å². The van der Waals surface area contributed by atoms with Crippen molar-refractivity contribution in [1.29, 1.82) is 0 Å². The summed E-state index contributed by atoms with van der Waals surface area (Å²) in [7, 11) is 0. The number of rotatable bonds is 6. The highest BCUT2D eigenvalue weighted by Crippen LogP contribution is 2.61. The lowest BCUT2D eigenvalue weighted by molar-refractivity contribution is -0.0562. The summed E-state index contributed by atoms with van der Waals surface area (Å²) < 4.78 is 0. The Morgan fingerprint density at radius 1 is 0.917 bits per heavy atom. The Bertz CT molecular complexity index is 533. The molecule has 0 spiro atoms. The molecular weight excluding hydrogens is 312 g/mol. The number of nitrogens with one attached hydrogen (secondary N) is 2. The highest BCUT2D eigenvalue weighted by Gasteiger charge is 2.50. The van der Waals surface area contributed by atoms with Gasteiger partial charge in [-0.15, -0.1) is 0 Å². The fraction of sp³-hybridized carbons (Fsp3) is 0.667. The average molecular weight is 343 g/mol. The van der Waals surface area contributed by atoms with Crippen LogP contribution in [-0.2, 0) is 6.42 Å². The van der Waals surface area contributed by atoms with E-state index in [4.69, 9.17) is 12.2 Å². The summed E-state index contributed by atoms with van der Waals surface area (Å²) in [5.41, 5.74) is 2.02. The standard InChI is InChI=1S/C21H30N2S/c24-20(22-8-6-16-4-2-1-3-5-16)23-9-7-21-13-17-10-18(14-21)12-19(11-17)15-21/h1-5,17-19H,6-15H2,(H2,22,23,24). The zero-order chi connectivity index (χ0) is 16.4. The zero-order valence-corrected chi connectivity index (χ0v) is 15.4. The van der Waals surface area contributed by atoms with Crippen molar-refractivity contribution >= 4 is 17.3 Å². The van der Waals surface area contributed by atoms with Crippen molar-refractivity contribution in [3.8, 4) is 0 Å². The lowest BCUT2D eigenvalue weighted by Crippen LogP contribution is -2.47. The summed E-state index contributed by atoms with van der Waals surface area (Å²) in [6, 6.07) is 10.6. The van der Waals surface area contributed by atoms with Crippen molar-refractivity contribution in [3.63, 3.8) is 0 Å². The third-order valence-electron chi connectivity index (χ3n) is 6.65. The van der Waals surface area contributed by atoms with E-state index in [1.54, 1.807) is 0 Å². The van der Waals surface area contributed by atoms with Crippen molar-refractivity contribution in [2.24, 2.45) is 23.2 Å². The van der Waals surface area contributed by atoms with E-state index < -0.39 is 0 Å². The van der Waals surface area contributed by atoms with Crippen LogP contribution >= 0.6 is 12.2 Å². The first-order valence-electron chi connectivity index (χ1n) is 9.76. The van der Waals surface area contributed by atoms with Crippen LogP contribution in [0.3, 0.4) is 0 Å². The van der Waals surface area contributed by atoms with Crippen LogP contribution in [0, 0.1) is 23.2 Å². The second kappa shape index (κ2) is 7.03. The normalized spacial score (nSPS) is 33.4. The number of hydrogen-bond donors (Lipinski definition) is 2. The summed E-state index contributed by atoms with van der Waals surface area (Å²) in [6.07, 6.45) is 11.4. The molecule has 130 valence electrons. The molecule has 1 aromatic carbocycles. The van der Waals surface area contributed by atoms with Crippen molar-refractivity contribution in [2.45, 2.75) is 51.4 Å². The lowest BCUT2D eigenvalue weighted by Gasteiger charge is -2.57. The summed E-state index contributed by atoms with van der Waals surface area (Å²) in [4.78, 5) is 0. The molecule has 5 rings (SSSR count). The van der Waals surface area contributed by atoms with Crippen LogP contribution in [0.1, 0.15) is 50.5 Å². The Labute approximate surface area is 151 Å². The molecule has 0 heterocycles. The van der Waals surface area contributed by atoms with Gasteiger partial charge in [-0.05, 0) is 92.3 Å². The molecule has 0 aromatic heterocycles. The first kappa shape index (κ1) is 16.4. The molecule has 1 aromatic rings. The maximum Gasteiger partial charge on any atom is 0.166 e. The lowest BCUT2D eigenvalue weighted by atomic mass is 9.49. The molecule has 0 unspecified atom stereocenters. The minimum absolute atomic E-state index is 0.654. The quantitative estimate of drug-likeness (QED) is 0.754. The molecule has 4 aliphatic carbocycles. The van der Waals surface area contributed by atoms with Crippen molar-refractivity contribution < 1.29 is 0 Å². The fourth-order valence-electron chi connectivity index (χ4n) is 6.06. The smallest absolute Gasteiger partial charge is 0.166 e. The van der Waals surface area contributed by atoms with E-state index in [9.17, 15) is 0 Å². The van der Waals surface area contributed by atoms with E-state index >= 15 is 0 Å². The Balaban J connectivity index is 1.17. The van der Waals surface area contributed by atoms with E-state index in [-0.39, 0.29) is 0 Å². The molecular formula is C21H30N2S. The van der Waals surface area contributed by atoms with Gasteiger partial charge in [0.1, 0.15) is 0 Å². The monoisotopic (exact) mass is 342 g/mol. The van der Waals surface area contributed by atoms with Gasteiger partial charge >= 0.3 is 0 Å². The van der Waals surface area contributed by atoms with E-state index in [2.05, 4.69) is 41.0 Å². The van der Waals surface area contributed by atoms with Crippen LogP contribution in [-0.4, -0.2) is 18.2 Å². The molecule has 0 atom stereocenters. The minimum atomic E-state index is 0.654. The highest BCUT2D eigenvalue weighted by molar-refractivity contribution is 7.80. The largest absolute Gasteiger partial charge is 0.363 e. The van der Waals surface area contributed by atoms with Crippen molar-refractivity contribution in [2.75, 3.05) is 13.1 Å². The van der Waals surface area contributed by atoms with Gasteiger partial charge in [0.05, 0.1) is 0 Å². The summed E-state index contributed by atoms with van der Waals surface area (Å²) in [5.74, 6) is 3.14.